The molecule has 0 radical (unpaired) electrons. The van der Waals surface area contributed by atoms with Gasteiger partial charge >= 0.3 is 0 Å². The van der Waals surface area contributed by atoms with Gasteiger partial charge in [0.05, 0.1) is 6.20 Å². The zero-order valence-electron chi connectivity index (χ0n) is 10.5. The van der Waals surface area contributed by atoms with Gasteiger partial charge in [0.2, 0.25) is 0 Å². The fourth-order valence-electron chi connectivity index (χ4n) is 1.90. The summed E-state index contributed by atoms with van der Waals surface area (Å²) in [6.07, 6.45) is 1.81. The summed E-state index contributed by atoms with van der Waals surface area (Å²) in [4.78, 5) is 0. The van der Waals surface area contributed by atoms with Gasteiger partial charge in [-0.2, -0.15) is 0 Å². The molecule has 1 N–H and O–H groups in total. The first-order valence-electron chi connectivity index (χ1n) is 6.02. The van der Waals surface area contributed by atoms with Crippen LogP contribution in [-0.2, 0) is 0 Å². The summed E-state index contributed by atoms with van der Waals surface area (Å²) >= 11 is 0. The molecule has 0 amide bonds. The number of aromatic nitrogens is 3. The Balaban J connectivity index is 2.00. The molecule has 0 saturated heterocycles. The van der Waals surface area contributed by atoms with Crippen LogP contribution in [0.15, 0.2) is 54.7 Å². The average Bonchev–Trinajstić information content (AvgIpc) is 2.89. The minimum absolute atomic E-state index is 0.183. The lowest BCUT2D eigenvalue weighted by Gasteiger charge is -2.01. The van der Waals surface area contributed by atoms with Crippen molar-refractivity contribution in [2.75, 3.05) is 0 Å². The maximum atomic E-state index is 9.79. The molecule has 0 aliphatic rings. The van der Waals surface area contributed by atoms with Crippen LogP contribution in [0.1, 0.15) is 5.56 Å². The van der Waals surface area contributed by atoms with Crippen molar-refractivity contribution in [3.05, 3.63) is 60.3 Å². The predicted molar refractivity (Wildman–Crippen MR) is 73.2 cm³/mol. The second kappa shape index (κ2) is 4.57. The van der Waals surface area contributed by atoms with Crippen molar-refractivity contribution in [3.8, 4) is 22.7 Å². The molecule has 0 unspecified atom stereocenters. The van der Waals surface area contributed by atoms with Crippen LogP contribution in [0, 0.1) is 6.92 Å². The molecular weight excluding hydrogens is 238 g/mol. The summed E-state index contributed by atoms with van der Waals surface area (Å²) in [6.45, 7) is 2.04. The molecule has 1 aromatic heterocycles. The van der Waals surface area contributed by atoms with Crippen molar-refractivity contribution in [1.82, 2.24) is 15.0 Å². The summed E-state index contributed by atoms with van der Waals surface area (Å²) < 4.78 is 1.57. The molecule has 3 rings (SSSR count). The Kier molecular flexibility index (Phi) is 2.76. The van der Waals surface area contributed by atoms with Crippen LogP contribution in [0.3, 0.4) is 0 Å². The maximum absolute atomic E-state index is 9.79. The third-order valence-electron chi connectivity index (χ3n) is 2.97. The topological polar surface area (TPSA) is 50.9 Å². The monoisotopic (exact) mass is 251 g/mol. The minimum atomic E-state index is 0.183. The van der Waals surface area contributed by atoms with E-state index in [1.54, 1.807) is 29.1 Å². The highest BCUT2D eigenvalue weighted by molar-refractivity contribution is 5.59. The van der Waals surface area contributed by atoms with Crippen LogP contribution in [-0.4, -0.2) is 20.1 Å². The molecule has 0 aliphatic carbocycles. The van der Waals surface area contributed by atoms with Crippen molar-refractivity contribution in [3.63, 3.8) is 0 Å². The third-order valence-corrected chi connectivity index (χ3v) is 2.97. The molecule has 3 aromatic rings. The normalized spacial score (nSPS) is 10.6. The van der Waals surface area contributed by atoms with E-state index in [4.69, 9.17) is 0 Å². The van der Waals surface area contributed by atoms with Gasteiger partial charge in [0.25, 0.3) is 0 Å². The SMILES string of the molecule is Cc1ccc(-c2cn(-c3ccccc3O)nn2)cc1. The highest BCUT2D eigenvalue weighted by Crippen LogP contribution is 2.22. The van der Waals surface area contributed by atoms with Crippen molar-refractivity contribution in [2.45, 2.75) is 6.92 Å². The summed E-state index contributed by atoms with van der Waals surface area (Å²) in [7, 11) is 0. The van der Waals surface area contributed by atoms with E-state index < -0.39 is 0 Å². The van der Waals surface area contributed by atoms with Gasteiger partial charge in [-0.3, -0.25) is 0 Å². The number of rotatable bonds is 2. The van der Waals surface area contributed by atoms with E-state index in [1.165, 1.54) is 5.56 Å². The predicted octanol–water partition coefficient (Wildman–Crippen LogP) is 2.95. The molecule has 4 nitrogen and oxygen atoms in total. The standard InChI is InChI=1S/C15H13N3O/c1-11-6-8-12(9-7-11)13-10-18(17-16-13)14-4-2-3-5-15(14)19/h2-10,19H,1H3. The average molecular weight is 251 g/mol. The van der Waals surface area contributed by atoms with Crippen molar-refractivity contribution in [1.29, 1.82) is 0 Å². The molecule has 0 saturated carbocycles. The lowest BCUT2D eigenvalue weighted by atomic mass is 10.1. The smallest absolute Gasteiger partial charge is 0.141 e. The second-order valence-corrected chi connectivity index (χ2v) is 4.40. The Morgan fingerprint density at radius 1 is 1.00 bits per heavy atom. The third kappa shape index (κ3) is 2.20. The number of hydrogen-bond acceptors (Lipinski definition) is 3. The number of aryl methyl sites for hydroxylation is 1. The Bertz CT molecular complexity index is 701. The zero-order chi connectivity index (χ0) is 13.2. The van der Waals surface area contributed by atoms with E-state index >= 15 is 0 Å². The highest BCUT2D eigenvalue weighted by Gasteiger charge is 2.07. The molecule has 19 heavy (non-hydrogen) atoms. The van der Waals surface area contributed by atoms with Gasteiger partial charge < -0.3 is 5.11 Å². The lowest BCUT2D eigenvalue weighted by molar-refractivity contribution is 0.470. The number of phenolic OH excluding ortho intramolecular Hbond substituents is 1. The minimum Gasteiger partial charge on any atom is -0.506 e. The van der Waals surface area contributed by atoms with Crippen LogP contribution in [0.5, 0.6) is 5.75 Å². The van der Waals surface area contributed by atoms with Gasteiger partial charge in [-0.1, -0.05) is 47.2 Å². The first-order chi connectivity index (χ1) is 9.24. The van der Waals surface area contributed by atoms with Crippen LogP contribution in [0.25, 0.3) is 16.9 Å². The summed E-state index contributed by atoms with van der Waals surface area (Å²) in [5.74, 6) is 0.183. The number of hydrogen-bond donors (Lipinski definition) is 1. The zero-order valence-corrected chi connectivity index (χ0v) is 10.5. The lowest BCUT2D eigenvalue weighted by Crippen LogP contribution is -1.94. The highest BCUT2D eigenvalue weighted by atomic mass is 16.3. The second-order valence-electron chi connectivity index (χ2n) is 4.40. The molecule has 0 atom stereocenters. The summed E-state index contributed by atoms with van der Waals surface area (Å²) in [5.41, 5.74) is 3.61. The Morgan fingerprint density at radius 2 is 1.74 bits per heavy atom. The number of phenols is 1. The van der Waals surface area contributed by atoms with Gasteiger partial charge in [-0.05, 0) is 19.1 Å². The molecular formula is C15H13N3O. The first-order valence-corrected chi connectivity index (χ1v) is 6.02. The van der Waals surface area contributed by atoms with E-state index in [-0.39, 0.29) is 5.75 Å². The van der Waals surface area contributed by atoms with E-state index in [9.17, 15) is 5.11 Å². The number of para-hydroxylation sites is 2. The Morgan fingerprint density at radius 3 is 2.47 bits per heavy atom. The van der Waals surface area contributed by atoms with E-state index in [1.807, 2.05) is 37.3 Å². The van der Waals surface area contributed by atoms with E-state index in [0.29, 0.717) is 5.69 Å². The van der Waals surface area contributed by atoms with Crippen molar-refractivity contribution < 1.29 is 5.11 Å². The first kappa shape index (κ1) is 11.5. The molecule has 0 aliphatic heterocycles. The molecule has 0 bridgehead atoms. The van der Waals surface area contributed by atoms with Gasteiger partial charge in [-0.25, -0.2) is 4.68 Å². The van der Waals surface area contributed by atoms with Crippen LogP contribution in [0.4, 0.5) is 0 Å². The van der Waals surface area contributed by atoms with Crippen LogP contribution >= 0.6 is 0 Å². The fraction of sp³-hybridized carbons (Fsp3) is 0.0667. The number of aromatic hydroxyl groups is 1. The van der Waals surface area contributed by atoms with Crippen LogP contribution < -0.4 is 0 Å². The number of nitrogens with zero attached hydrogens (tertiary/aromatic N) is 3. The van der Waals surface area contributed by atoms with Gasteiger partial charge in [-0.15, -0.1) is 5.10 Å². The molecule has 4 heteroatoms. The number of benzene rings is 2. The van der Waals surface area contributed by atoms with Crippen LogP contribution in [0.2, 0.25) is 0 Å². The van der Waals surface area contributed by atoms with Crippen molar-refractivity contribution in [2.24, 2.45) is 0 Å². The maximum Gasteiger partial charge on any atom is 0.141 e. The van der Waals surface area contributed by atoms with Gasteiger partial charge in [0.15, 0.2) is 0 Å². The van der Waals surface area contributed by atoms with Crippen molar-refractivity contribution >= 4 is 0 Å². The quantitative estimate of drug-likeness (QED) is 0.761. The van der Waals surface area contributed by atoms with E-state index in [0.717, 1.165) is 11.3 Å². The van der Waals surface area contributed by atoms with E-state index in [2.05, 4.69) is 10.3 Å². The molecule has 2 aromatic carbocycles. The molecule has 94 valence electrons. The van der Waals surface area contributed by atoms with Gasteiger partial charge in [0.1, 0.15) is 17.1 Å². The largest absolute Gasteiger partial charge is 0.506 e. The molecule has 1 heterocycles. The fourth-order valence-corrected chi connectivity index (χ4v) is 1.90. The summed E-state index contributed by atoms with van der Waals surface area (Å²) in [5, 5.41) is 18.0. The Labute approximate surface area is 111 Å². The molecule has 0 spiro atoms. The van der Waals surface area contributed by atoms with Gasteiger partial charge in [0, 0.05) is 5.56 Å². The molecule has 0 fully saturated rings. The Hall–Kier alpha value is -2.62. The summed E-state index contributed by atoms with van der Waals surface area (Å²) in [6, 6.07) is 15.1.